The lowest BCUT2D eigenvalue weighted by atomic mass is 10.1. The fourth-order valence-corrected chi connectivity index (χ4v) is 3.56. The molecule has 6 nitrogen and oxygen atoms in total. The summed E-state index contributed by atoms with van der Waals surface area (Å²) in [6, 6.07) is -0.0837. The standard InChI is InChI=1S/C11H22N2O4S/c1-4-13-7-5-10(6-8-13)12(3)18(16,17)9(2)11(14)15/h9-10H,4-8H2,1-3H3,(H,14,15). The first-order valence-electron chi connectivity index (χ1n) is 6.22. The summed E-state index contributed by atoms with van der Waals surface area (Å²) in [6.45, 7) is 5.99. The number of carboxylic acid groups (broad SMARTS) is 1. The number of aliphatic carboxylic acids is 1. The fourth-order valence-electron chi connectivity index (χ4n) is 2.18. The third kappa shape index (κ3) is 3.21. The Morgan fingerprint density at radius 1 is 1.44 bits per heavy atom. The molecule has 1 heterocycles. The highest BCUT2D eigenvalue weighted by Crippen LogP contribution is 2.20. The van der Waals surface area contributed by atoms with Crippen LogP contribution in [0, 0.1) is 0 Å². The number of hydrogen-bond donors (Lipinski definition) is 1. The molecule has 7 heteroatoms. The maximum atomic E-state index is 12.1. The van der Waals surface area contributed by atoms with Crippen LogP contribution in [0.5, 0.6) is 0 Å². The number of carboxylic acids is 1. The Labute approximate surface area is 109 Å². The van der Waals surface area contributed by atoms with E-state index >= 15 is 0 Å². The minimum absolute atomic E-state index is 0.0837. The third-order valence-electron chi connectivity index (χ3n) is 3.71. The first-order valence-corrected chi connectivity index (χ1v) is 7.73. The van der Waals surface area contributed by atoms with Crippen molar-refractivity contribution in [2.75, 3.05) is 26.7 Å². The highest BCUT2D eigenvalue weighted by molar-refractivity contribution is 7.90. The summed E-state index contributed by atoms with van der Waals surface area (Å²) in [6.07, 6.45) is 1.52. The van der Waals surface area contributed by atoms with E-state index in [9.17, 15) is 13.2 Å². The van der Waals surface area contributed by atoms with E-state index in [-0.39, 0.29) is 6.04 Å². The van der Waals surface area contributed by atoms with Gasteiger partial charge >= 0.3 is 5.97 Å². The number of likely N-dealkylation sites (tertiary alicyclic amines) is 1. The molecule has 0 aliphatic carbocycles. The second kappa shape index (κ2) is 5.99. The van der Waals surface area contributed by atoms with E-state index in [0.29, 0.717) is 0 Å². The minimum atomic E-state index is -3.75. The van der Waals surface area contributed by atoms with Gasteiger partial charge in [0.25, 0.3) is 0 Å². The highest BCUT2D eigenvalue weighted by Gasteiger charge is 2.36. The minimum Gasteiger partial charge on any atom is -0.480 e. The molecule has 1 rings (SSSR count). The van der Waals surface area contributed by atoms with Gasteiger partial charge < -0.3 is 10.0 Å². The van der Waals surface area contributed by atoms with Crippen LogP contribution in [0.15, 0.2) is 0 Å². The molecular formula is C11H22N2O4S. The van der Waals surface area contributed by atoms with Crippen molar-refractivity contribution in [1.29, 1.82) is 0 Å². The zero-order chi connectivity index (χ0) is 13.9. The van der Waals surface area contributed by atoms with Gasteiger partial charge in [0, 0.05) is 13.1 Å². The Kier molecular flexibility index (Phi) is 5.12. The van der Waals surface area contributed by atoms with E-state index < -0.39 is 21.2 Å². The predicted molar refractivity (Wildman–Crippen MR) is 68.9 cm³/mol. The SMILES string of the molecule is CCN1CCC(N(C)S(=O)(=O)C(C)C(=O)O)CC1. The normalized spacial score (nSPS) is 21.1. The molecule has 1 aliphatic heterocycles. The van der Waals surface area contributed by atoms with Crippen LogP contribution in [0.2, 0.25) is 0 Å². The van der Waals surface area contributed by atoms with Crippen molar-refractivity contribution in [3.8, 4) is 0 Å². The number of piperidine rings is 1. The highest BCUT2D eigenvalue weighted by atomic mass is 32.2. The molecule has 1 atom stereocenters. The van der Waals surface area contributed by atoms with Crippen molar-refractivity contribution in [2.45, 2.75) is 38.0 Å². The lowest BCUT2D eigenvalue weighted by Crippen LogP contribution is -2.48. The third-order valence-corrected chi connectivity index (χ3v) is 5.91. The van der Waals surface area contributed by atoms with Crippen LogP contribution in [-0.2, 0) is 14.8 Å². The Bertz CT molecular complexity index is 388. The van der Waals surface area contributed by atoms with E-state index in [0.717, 1.165) is 32.5 Å². The van der Waals surface area contributed by atoms with Crippen molar-refractivity contribution in [3.63, 3.8) is 0 Å². The van der Waals surface area contributed by atoms with Crippen molar-refractivity contribution < 1.29 is 18.3 Å². The quantitative estimate of drug-likeness (QED) is 0.777. The molecule has 1 aliphatic rings. The summed E-state index contributed by atoms with van der Waals surface area (Å²) in [5.74, 6) is -1.30. The molecule has 0 amide bonds. The summed E-state index contributed by atoms with van der Waals surface area (Å²) < 4.78 is 25.4. The van der Waals surface area contributed by atoms with E-state index in [2.05, 4.69) is 11.8 Å². The zero-order valence-corrected chi connectivity index (χ0v) is 12.0. The largest absolute Gasteiger partial charge is 0.480 e. The van der Waals surface area contributed by atoms with Gasteiger partial charge in [-0.25, -0.2) is 12.7 Å². The Hall–Kier alpha value is -0.660. The van der Waals surface area contributed by atoms with Crippen LogP contribution in [0.4, 0.5) is 0 Å². The first kappa shape index (κ1) is 15.4. The number of carbonyl (C=O) groups is 1. The molecular weight excluding hydrogens is 256 g/mol. The molecule has 1 N–H and O–H groups in total. The Morgan fingerprint density at radius 3 is 2.33 bits per heavy atom. The summed E-state index contributed by atoms with van der Waals surface area (Å²) in [5, 5.41) is 7.45. The number of sulfonamides is 1. The van der Waals surface area contributed by atoms with Gasteiger partial charge in [-0.05, 0) is 39.4 Å². The molecule has 0 spiro atoms. The number of rotatable bonds is 5. The maximum Gasteiger partial charge on any atom is 0.323 e. The van der Waals surface area contributed by atoms with Crippen LogP contribution in [0.1, 0.15) is 26.7 Å². The second-order valence-corrected chi connectivity index (χ2v) is 7.02. The van der Waals surface area contributed by atoms with Crippen LogP contribution in [0.25, 0.3) is 0 Å². The molecule has 0 aromatic carbocycles. The molecule has 106 valence electrons. The molecule has 0 aromatic rings. The molecule has 0 bridgehead atoms. The molecule has 0 aromatic heterocycles. The van der Waals surface area contributed by atoms with Crippen molar-refractivity contribution in [2.24, 2.45) is 0 Å². The van der Waals surface area contributed by atoms with Gasteiger partial charge in [0.2, 0.25) is 10.0 Å². The molecule has 0 saturated carbocycles. The predicted octanol–water partition coefficient (Wildman–Crippen LogP) is 0.205. The maximum absolute atomic E-state index is 12.1. The van der Waals surface area contributed by atoms with Crippen molar-refractivity contribution in [1.82, 2.24) is 9.21 Å². The smallest absolute Gasteiger partial charge is 0.323 e. The van der Waals surface area contributed by atoms with Crippen LogP contribution in [-0.4, -0.2) is 66.7 Å². The van der Waals surface area contributed by atoms with Crippen molar-refractivity contribution >= 4 is 16.0 Å². The zero-order valence-electron chi connectivity index (χ0n) is 11.2. The summed E-state index contributed by atoms with van der Waals surface area (Å²) >= 11 is 0. The lowest BCUT2D eigenvalue weighted by Gasteiger charge is -2.36. The van der Waals surface area contributed by atoms with Gasteiger partial charge in [-0.1, -0.05) is 6.92 Å². The number of hydrogen-bond acceptors (Lipinski definition) is 4. The molecule has 1 unspecified atom stereocenters. The lowest BCUT2D eigenvalue weighted by molar-refractivity contribution is -0.136. The van der Waals surface area contributed by atoms with E-state index in [1.807, 2.05) is 0 Å². The van der Waals surface area contributed by atoms with Gasteiger partial charge in [0.15, 0.2) is 5.25 Å². The summed E-state index contributed by atoms with van der Waals surface area (Å²) in [4.78, 5) is 13.1. The van der Waals surface area contributed by atoms with Gasteiger partial charge in [0.05, 0.1) is 0 Å². The molecule has 1 fully saturated rings. The van der Waals surface area contributed by atoms with Crippen molar-refractivity contribution in [3.05, 3.63) is 0 Å². The van der Waals surface area contributed by atoms with Crippen LogP contribution >= 0.6 is 0 Å². The molecule has 1 saturated heterocycles. The average Bonchev–Trinajstić information content (AvgIpc) is 2.36. The Morgan fingerprint density at radius 2 is 1.94 bits per heavy atom. The summed E-state index contributed by atoms with van der Waals surface area (Å²) in [7, 11) is -2.26. The Balaban J connectivity index is 2.70. The van der Waals surface area contributed by atoms with Gasteiger partial charge in [-0.15, -0.1) is 0 Å². The molecule has 18 heavy (non-hydrogen) atoms. The molecule has 0 radical (unpaired) electrons. The van der Waals surface area contributed by atoms with E-state index in [1.54, 1.807) is 0 Å². The van der Waals surface area contributed by atoms with E-state index in [1.165, 1.54) is 18.3 Å². The van der Waals surface area contributed by atoms with Crippen LogP contribution in [0.3, 0.4) is 0 Å². The number of nitrogens with zero attached hydrogens (tertiary/aromatic N) is 2. The van der Waals surface area contributed by atoms with E-state index in [4.69, 9.17) is 5.11 Å². The monoisotopic (exact) mass is 278 g/mol. The topological polar surface area (TPSA) is 77.9 Å². The van der Waals surface area contributed by atoms with Gasteiger partial charge in [-0.2, -0.15) is 0 Å². The van der Waals surface area contributed by atoms with Gasteiger partial charge in [-0.3, -0.25) is 4.79 Å². The fraction of sp³-hybridized carbons (Fsp3) is 0.909. The average molecular weight is 278 g/mol. The van der Waals surface area contributed by atoms with Crippen LogP contribution < -0.4 is 0 Å². The summed E-state index contributed by atoms with van der Waals surface area (Å²) in [5.41, 5.74) is 0. The van der Waals surface area contributed by atoms with Gasteiger partial charge in [0.1, 0.15) is 0 Å². The first-order chi connectivity index (χ1) is 8.30. The second-order valence-electron chi connectivity index (χ2n) is 4.71.